The Morgan fingerprint density at radius 2 is 2.00 bits per heavy atom. The maximum Gasteiger partial charge on any atom is 0.0947 e. The third-order valence-electron chi connectivity index (χ3n) is 2.81. The van der Waals surface area contributed by atoms with Gasteiger partial charge in [-0.25, -0.2) is 0 Å². The number of rotatable bonds is 6. The Morgan fingerprint density at radius 3 is 2.65 bits per heavy atom. The molecule has 0 fully saturated rings. The van der Waals surface area contributed by atoms with E-state index in [1.165, 1.54) is 11.1 Å². The minimum absolute atomic E-state index is 0.336. The Labute approximate surface area is 102 Å². The van der Waals surface area contributed by atoms with Crippen molar-refractivity contribution in [1.82, 2.24) is 10.6 Å². The molecule has 0 bridgehead atoms. The lowest BCUT2D eigenvalue weighted by atomic mass is 10.1. The first kappa shape index (κ1) is 11.9. The summed E-state index contributed by atoms with van der Waals surface area (Å²) in [6.07, 6.45) is 3.47. The van der Waals surface area contributed by atoms with Crippen LogP contribution >= 0.6 is 0 Å². The SMILES string of the molecule is CN[C@H](CNCc1ccoc1)c1ccccc1. The molecule has 1 aromatic carbocycles. The molecule has 2 N–H and O–H groups in total. The number of furan rings is 1. The Hall–Kier alpha value is -1.58. The fourth-order valence-corrected chi connectivity index (χ4v) is 1.83. The van der Waals surface area contributed by atoms with Gasteiger partial charge in [0.05, 0.1) is 12.5 Å². The van der Waals surface area contributed by atoms with Crippen LogP contribution in [0, 0.1) is 0 Å². The Balaban J connectivity index is 1.84. The van der Waals surface area contributed by atoms with E-state index in [4.69, 9.17) is 4.42 Å². The molecular weight excluding hydrogens is 212 g/mol. The van der Waals surface area contributed by atoms with Gasteiger partial charge in [-0.2, -0.15) is 0 Å². The van der Waals surface area contributed by atoms with Crippen LogP contribution in [0.25, 0.3) is 0 Å². The maximum atomic E-state index is 5.03. The van der Waals surface area contributed by atoms with Crippen molar-refractivity contribution in [2.75, 3.05) is 13.6 Å². The Morgan fingerprint density at radius 1 is 1.18 bits per heavy atom. The van der Waals surface area contributed by atoms with Crippen LogP contribution < -0.4 is 10.6 Å². The highest BCUT2D eigenvalue weighted by molar-refractivity contribution is 5.19. The van der Waals surface area contributed by atoms with Gasteiger partial charge in [-0.1, -0.05) is 30.3 Å². The molecule has 17 heavy (non-hydrogen) atoms. The van der Waals surface area contributed by atoms with Crippen molar-refractivity contribution in [2.24, 2.45) is 0 Å². The number of nitrogens with one attached hydrogen (secondary N) is 2. The largest absolute Gasteiger partial charge is 0.472 e. The fraction of sp³-hybridized carbons (Fsp3) is 0.286. The van der Waals surface area contributed by atoms with E-state index in [9.17, 15) is 0 Å². The second kappa shape index (κ2) is 6.23. The summed E-state index contributed by atoms with van der Waals surface area (Å²) < 4.78 is 5.03. The summed E-state index contributed by atoms with van der Waals surface area (Å²) in [6.45, 7) is 1.73. The van der Waals surface area contributed by atoms with Crippen molar-refractivity contribution < 1.29 is 4.42 Å². The summed E-state index contributed by atoms with van der Waals surface area (Å²) in [5, 5.41) is 6.73. The number of likely N-dealkylation sites (N-methyl/N-ethyl adjacent to an activating group) is 1. The van der Waals surface area contributed by atoms with Gasteiger partial charge in [0.1, 0.15) is 0 Å². The van der Waals surface area contributed by atoms with Crippen molar-refractivity contribution in [3.63, 3.8) is 0 Å². The summed E-state index contributed by atoms with van der Waals surface area (Å²) in [7, 11) is 1.98. The highest BCUT2D eigenvalue weighted by Gasteiger charge is 2.07. The number of hydrogen-bond donors (Lipinski definition) is 2. The molecule has 1 heterocycles. The summed E-state index contributed by atoms with van der Waals surface area (Å²) in [5.41, 5.74) is 2.47. The molecule has 0 aliphatic heterocycles. The van der Waals surface area contributed by atoms with Crippen LogP contribution in [-0.4, -0.2) is 13.6 Å². The van der Waals surface area contributed by atoms with Crippen molar-refractivity contribution >= 4 is 0 Å². The van der Waals surface area contributed by atoms with Crippen molar-refractivity contribution in [3.8, 4) is 0 Å². The van der Waals surface area contributed by atoms with Crippen LogP contribution in [0.1, 0.15) is 17.2 Å². The molecular formula is C14H18N2O. The number of benzene rings is 1. The normalized spacial score (nSPS) is 12.5. The monoisotopic (exact) mass is 230 g/mol. The topological polar surface area (TPSA) is 37.2 Å². The van der Waals surface area contributed by atoms with Gasteiger partial charge in [-0.3, -0.25) is 0 Å². The molecule has 0 saturated carbocycles. The van der Waals surface area contributed by atoms with E-state index in [0.29, 0.717) is 6.04 Å². The maximum absolute atomic E-state index is 5.03. The van der Waals surface area contributed by atoms with Crippen LogP contribution in [0.5, 0.6) is 0 Å². The average Bonchev–Trinajstić information content (AvgIpc) is 2.89. The highest BCUT2D eigenvalue weighted by atomic mass is 16.3. The molecule has 0 aliphatic rings. The molecule has 1 aromatic heterocycles. The van der Waals surface area contributed by atoms with Gasteiger partial charge in [0.25, 0.3) is 0 Å². The molecule has 0 saturated heterocycles. The zero-order chi connectivity index (χ0) is 11.9. The predicted molar refractivity (Wildman–Crippen MR) is 68.7 cm³/mol. The lowest BCUT2D eigenvalue weighted by Crippen LogP contribution is -2.29. The van der Waals surface area contributed by atoms with Gasteiger partial charge in [0.2, 0.25) is 0 Å². The van der Waals surface area contributed by atoms with Gasteiger partial charge in [-0.05, 0) is 18.7 Å². The predicted octanol–water partition coefficient (Wildman–Crippen LogP) is 2.33. The summed E-state index contributed by atoms with van der Waals surface area (Å²) in [5.74, 6) is 0. The van der Waals surface area contributed by atoms with Crippen LogP contribution in [0.15, 0.2) is 53.3 Å². The first-order valence-electron chi connectivity index (χ1n) is 5.84. The molecule has 0 aliphatic carbocycles. The molecule has 3 nitrogen and oxygen atoms in total. The molecule has 0 unspecified atom stereocenters. The fourth-order valence-electron chi connectivity index (χ4n) is 1.83. The van der Waals surface area contributed by atoms with Crippen LogP contribution in [0.2, 0.25) is 0 Å². The van der Waals surface area contributed by atoms with Crippen LogP contribution in [0.3, 0.4) is 0 Å². The van der Waals surface area contributed by atoms with E-state index >= 15 is 0 Å². The van der Waals surface area contributed by atoms with E-state index < -0.39 is 0 Å². The smallest absolute Gasteiger partial charge is 0.0947 e. The molecule has 2 rings (SSSR count). The second-order valence-corrected chi connectivity index (χ2v) is 4.01. The average molecular weight is 230 g/mol. The van der Waals surface area contributed by atoms with E-state index in [-0.39, 0.29) is 0 Å². The molecule has 1 atom stereocenters. The highest BCUT2D eigenvalue weighted by Crippen LogP contribution is 2.10. The Bertz CT molecular complexity index is 411. The molecule has 2 aromatic rings. The molecule has 0 radical (unpaired) electrons. The van der Waals surface area contributed by atoms with Crippen LogP contribution in [0.4, 0.5) is 0 Å². The molecule has 3 heteroatoms. The van der Waals surface area contributed by atoms with Gasteiger partial charge in [0.15, 0.2) is 0 Å². The third kappa shape index (κ3) is 3.44. The van der Waals surface area contributed by atoms with Crippen LogP contribution in [-0.2, 0) is 6.54 Å². The van der Waals surface area contributed by atoms with Crippen molar-refractivity contribution in [1.29, 1.82) is 0 Å². The minimum Gasteiger partial charge on any atom is -0.472 e. The molecule has 90 valence electrons. The standard InChI is InChI=1S/C14H18N2O/c1-15-14(13-5-3-2-4-6-13)10-16-9-12-7-8-17-11-12/h2-8,11,14-16H,9-10H2,1H3/t14-/m1/s1. The molecule has 0 spiro atoms. The quantitative estimate of drug-likeness (QED) is 0.799. The first-order valence-corrected chi connectivity index (χ1v) is 5.84. The zero-order valence-electron chi connectivity index (χ0n) is 10.0. The lowest BCUT2D eigenvalue weighted by Gasteiger charge is -2.17. The van der Waals surface area contributed by atoms with E-state index in [0.717, 1.165) is 13.1 Å². The zero-order valence-corrected chi connectivity index (χ0v) is 10.0. The summed E-state index contributed by atoms with van der Waals surface area (Å²) >= 11 is 0. The Kier molecular flexibility index (Phi) is 4.36. The minimum atomic E-state index is 0.336. The van der Waals surface area contributed by atoms with E-state index in [1.807, 2.05) is 19.2 Å². The van der Waals surface area contributed by atoms with Gasteiger partial charge < -0.3 is 15.1 Å². The van der Waals surface area contributed by atoms with Crippen molar-refractivity contribution in [2.45, 2.75) is 12.6 Å². The third-order valence-corrected chi connectivity index (χ3v) is 2.81. The summed E-state index contributed by atoms with van der Waals surface area (Å²) in [6, 6.07) is 12.8. The van der Waals surface area contributed by atoms with Gasteiger partial charge >= 0.3 is 0 Å². The first-order chi connectivity index (χ1) is 8.40. The van der Waals surface area contributed by atoms with E-state index in [1.54, 1.807) is 12.5 Å². The molecule has 0 amide bonds. The lowest BCUT2D eigenvalue weighted by molar-refractivity contribution is 0.522. The van der Waals surface area contributed by atoms with Gasteiger partial charge in [-0.15, -0.1) is 0 Å². The number of hydrogen-bond acceptors (Lipinski definition) is 3. The van der Waals surface area contributed by atoms with E-state index in [2.05, 4.69) is 34.9 Å². The second-order valence-electron chi connectivity index (χ2n) is 4.01. The van der Waals surface area contributed by atoms with Crippen molar-refractivity contribution in [3.05, 3.63) is 60.1 Å². The van der Waals surface area contributed by atoms with Gasteiger partial charge in [0, 0.05) is 24.7 Å². The summed E-state index contributed by atoms with van der Waals surface area (Å²) in [4.78, 5) is 0.